The van der Waals surface area contributed by atoms with Crippen molar-refractivity contribution < 1.29 is 0 Å². The first-order valence-corrected chi connectivity index (χ1v) is 6.83. The molecule has 2 N–H and O–H groups in total. The van der Waals surface area contributed by atoms with Gasteiger partial charge in [-0.25, -0.2) is 0 Å². The van der Waals surface area contributed by atoms with E-state index < -0.39 is 0 Å². The molecule has 0 aliphatic carbocycles. The largest absolute Gasteiger partial charge is 0.328 e. The van der Waals surface area contributed by atoms with Gasteiger partial charge in [-0.15, -0.1) is 0 Å². The van der Waals surface area contributed by atoms with Crippen LogP contribution < -0.4 is 5.73 Å². The molecule has 0 amide bonds. The van der Waals surface area contributed by atoms with Crippen LogP contribution in [0.2, 0.25) is 0 Å². The van der Waals surface area contributed by atoms with Gasteiger partial charge in [0, 0.05) is 17.1 Å². The summed E-state index contributed by atoms with van der Waals surface area (Å²) in [5.41, 5.74) is 6.57. The average molecular weight is 241 g/mol. The minimum atomic E-state index is 0.173. The molecule has 0 radical (unpaired) electrons. The normalized spacial score (nSPS) is 27.4. The first-order chi connectivity index (χ1) is 7.62. The summed E-state index contributed by atoms with van der Waals surface area (Å²) in [5, 5.41) is 0. The number of rotatable bonds is 3. The summed E-state index contributed by atoms with van der Waals surface area (Å²) in [7, 11) is 4.35. The molecule has 1 atom stereocenters. The molecule has 0 bridgehead atoms. The third-order valence-corrected chi connectivity index (χ3v) is 4.09. The average Bonchev–Trinajstić information content (AvgIpc) is 2.07. The number of nitrogens with two attached hydrogens (primary N) is 1. The van der Waals surface area contributed by atoms with Crippen LogP contribution in [0.4, 0.5) is 0 Å². The number of hydrogen-bond acceptors (Lipinski definition) is 3. The van der Waals surface area contributed by atoms with E-state index in [1.807, 2.05) is 0 Å². The summed E-state index contributed by atoms with van der Waals surface area (Å²) in [5.74, 6) is 0. The highest BCUT2D eigenvalue weighted by atomic mass is 15.4. The van der Waals surface area contributed by atoms with Crippen LogP contribution in [-0.2, 0) is 0 Å². The van der Waals surface area contributed by atoms with Crippen molar-refractivity contribution in [1.29, 1.82) is 0 Å². The van der Waals surface area contributed by atoms with Crippen molar-refractivity contribution in [3.63, 3.8) is 0 Å². The van der Waals surface area contributed by atoms with Crippen LogP contribution in [-0.4, -0.2) is 47.2 Å². The molecule has 17 heavy (non-hydrogen) atoms. The first kappa shape index (κ1) is 14.9. The summed E-state index contributed by atoms with van der Waals surface area (Å²) >= 11 is 0. The molecule has 0 saturated carbocycles. The molecule has 1 rings (SSSR count). The van der Waals surface area contributed by atoms with Crippen molar-refractivity contribution in [1.82, 2.24) is 9.80 Å². The lowest BCUT2D eigenvalue weighted by molar-refractivity contribution is -0.108. The standard InChI is InChI=1S/C14H31N3/c1-8-12(16(6)7)17-13(2,3)9-11(15)10-14(17,4)5/h11-12H,8-10,15H2,1-7H3. The Balaban J connectivity index is 3.07. The summed E-state index contributed by atoms with van der Waals surface area (Å²) in [4.78, 5) is 5.00. The molecule has 0 aromatic rings. The maximum absolute atomic E-state index is 6.23. The fraction of sp³-hybridized carbons (Fsp3) is 1.00. The highest BCUT2D eigenvalue weighted by Crippen LogP contribution is 2.40. The van der Waals surface area contributed by atoms with E-state index in [9.17, 15) is 0 Å². The van der Waals surface area contributed by atoms with Gasteiger partial charge in [0.05, 0.1) is 6.17 Å². The van der Waals surface area contributed by atoms with Crippen LogP contribution in [0.25, 0.3) is 0 Å². The van der Waals surface area contributed by atoms with Gasteiger partial charge in [0.2, 0.25) is 0 Å². The van der Waals surface area contributed by atoms with Gasteiger partial charge in [0.1, 0.15) is 0 Å². The summed E-state index contributed by atoms with van der Waals surface area (Å²) < 4.78 is 0. The van der Waals surface area contributed by atoms with Gasteiger partial charge in [0.15, 0.2) is 0 Å². The Morgan fingerprint density at radius 1 is 1.18 bits per heavy atom. The van der Waals surface area contributed by atoms with Crippen molar-refractivity contribution >= 4 is 0 Å². The minimum Gasteiger partial charge on any atom is -0.328 e. The third-order valence-electron chi connectivity index (χ3n) is 4.09. The van der Waals surface area contributed by atoms with E-state index in [0.717, 1.165) is 19.3 Å². The Morgan fingerprint density at radius 2 is 1.59 bits per heavy atom. The lowest BCUT2D eigenvalue weighted by Gasteiger charge is -2.59. The number of hydrogen-bond donors (Lipinski definition) is 1. The lowest BCUT2D eigenvalue weighted by atomic mass is 9.76. The van der Waals surface area contributed by atoms with Gasteiger partial charge >= 0.3 is 0 Å². The van der Waals surface area contributed by atoms with Crippen LogP contribution >= 0.6 is 0 Å². The van der Waals surface area contributed by atoms with Crippen molar-refractivity contribution in [3.8, 4) is 0 Å². The van der Waals surface area contributed by atoms with E-state index in [2.05, 4.69) is 58.5 Å². The maximum atomic E-state index is 6.23. The minimum absolute atomic E-state index is 0.173. The van der Waals surface area contributed by atoms with Crippen molar-refractivity contribution in [2.45, 2.75) is 77.2 Å². The molecule has 0 aromatic heterocycles. The van der Waals surface area contributed by atoms with E-state index in [1.165, 1.54) is 0 Å². The third kappa shape index (κ3) is 3.01. The molecule has 1 saturated heterocycles. The zero-order chi connectivity index (χ0) is 13.4. The fourth-order valence-electron chi connectivity index (χ4n) is 3.96. The molecule has 0 spiro atoms. The predicted molar refractivity (Wildman–Crippen MR) is 75.0 cm³/mol. The number of piperidine rings is 1. The van der Waals surface area contributed by atoms with Crippen LogP contribution in [0, 0.1) is 0 Å². The Kier molecular flexibility index (Phi) is 4.28. The molecule has 1 aliphatic heterocycles. The maximum Gasteiger partial charge on any atom is 0.0624 e. The molecule has 1 fully saturated rings. The van der Waals surface area contributed by atoms with Crippen molar-refractivity contribution in [2.24, 2.45) is 5.73 Å². The first-order valence-electron chi connectivity index (χ1n) is 6.83. The topological polar surface area (TPSA) is 32.5 Å². The molecule has 1 heterocycles. The Labute approximate surface area is 107 Å². The molecule has 3 nitrogen and oxygen atoms in total. The van der Waals surface area contributed by atoms with Gasteiger partial charge in [-0.05, 0) is 61.1 Å². The lowest BCUT2D eigenvalue weighted by Crippen LogP contribution is -2.68. The smallest absolute Gasteiger partial charge is 0.0624 e. The Morgan fingerprint density at radius 3 is 1.88 bits per heavy atom. The van der Waals surface area contributed by atoms with Crippen molar-refractivity contribution in [2.75, 3.05) is 14.1 Å². The van der Waals surface area contributed by atoms with E-state index >= 15 is 0 Å². The number of nitrogens with zero attached hydrogens (tertiary/aromatic N) is 2. The summed E-state index contributed by atoms with van der Waals surface area (Å²) in [6.45, 7) is 11.6. The van der Waals surface area contributed by atoms with E-state index in [-0.39, 0.29) is 11.1 Å². The highest BCUT2D eigenvalue weighted by Gasteiger charge is 2.47. The van der Waals surface area contributed by atoms with Crippen LogP contribution in [0.5, 0.6) is 0 Å². The van der Waals surface area contributed by atoms with Gasteiger partial charge in [0.25, 0.3) is 0 Å². The van der Waals surface area contributed by atoms with Crippen LogP contribution in [0.3, 0.4) is 0 Å². The zero-order valence-corrected chi connectivity index (χ0v) is 12.7. The molecular formula is C14H31N3. The fourth-order valence-corrected chi connectivity index (χ4v) is 3.96. The van der Waals surface area contributed by atoms with Gasteiger partial charge in [-0.1, -0.05) is 6.92 Å². The molecule has 1 aliphatic rings. The quantitative estimate of drug-likeness (QED) is 0.822. The second kappa shape index (κ2) is 4.87. The van der Waals surface area contributed by atoms with E-state index in [1.54, 1.807) is 0 Å². The Bertz CT molecular complexity index is 240. The second-order valence-corrected chi connectivity index (χ2v) is 7.02. The molecule has 0 aromatic carbocycles. The second-order valence-electron chi connectivity index (χ2n) is 7.02. The summed E-state index contributed by atoms with van der Waals surface area (Å²) in [6.07, 6.45) is 3.81. The summed E-state index contributed by atoms with van der Waals surface area (Å²) in [6, 6.07) is 0.330. The van der Waals surface area contributed by atoms with Gasteiger partial charge < -0.3 is 5.73 Å². The highest BCUT2D eigenvalue weighted by molar-refractivity contribution is 5.03. The zero-order valence-electron chi connectivity index (χ0n) is 12.7. The monoisotopic (exact) mass is 241 g/mol. The molecule has 102 valence electrons. The SMILES string of the molecule is CCC(N(C)C)N1C(C)(C)CC(N)CC1(C)C. The van der Waals surface area contributed by atoms with Crippen LogP contribution in [0.15, 0.2) is 0 Å². The van der Waals surface area contributed by atoms with Crippen molar-refractivity contribution in [3.05, 3.63) is 0 Å². The van der Waals surface area contributed by atoms with Crippen LogP contribution in [0.1, 0.15) is 53.9 Å². The molecule has 3 heteroatoms. The van der Waals surface area contributed by atoms with Gasteiger partial charge in [-0.2, -0.15) is 0 Å². The Hall–Kier alpha value is -0.120. The number of likely N-dealkylation sites (tertiary alicyclic amines) is 1. The van der Waals surface area contributed by atoms with E-state index in [4.69, 9.17) is 5.73 Å². The molecular weight excluding hydrogens is 210 g/mol. The van der Waals surface area contributed by atoms with Gasteiger partial charge in [-0.3, -0.25) is 9.80 Å². The van der Waals surface area contributed by atoms with E-state index in [0.29, 0.717) is 12.2 Å². The molecule has 1 unspecified atom stereocenters. The predicted octanol–water partition coefficient (Wildman–Crippen LogP) is 2.26.